The summed E-state index contributed by atoms with van der Waals surface area (Å²) >= 11 is 0. The van der Waals surface area contributed by atoms with Crippen molar-refractivity contribution in [1.29, 1.82) is 0 Å². The van der Waals surface area contributed by atoms with Gasteiger partial charge in [0.15, 0.2) is 0 Å². The minimum atomic E-state index is -4.54. The molecule has 5 N–H and O–H groups in total. The second-order valence-corrected chi connectivity index (χ2v) is 8.17. The summed E-state index contributed by atoms with van der Waals surface area (Å²) < 4.78 is 21.9. The third-order valence-corrected chi connectivity index (χ3v) is 5.03. The maximum Gasteiger partial charge on any atom is 0.342 e. The van der Waals surface area contributed by atoms with Crippen LogP contribution in [0, 0.1) is 0 Å². The molecule has 7 nitrogen and oxygen atoms in total. The molecule has 0 bridgehead atoms. The van der Waals surface area contributed by atoms with Crippen LogP contribution in [-0.4, -0.2) is 38.1 Å². The van der Waals surface area contributed by atoms with Gasteiger partial charge in [-0.1, -0.05) is 39.0 Å². The van der Waals surface area contributed by atoms with E-state index in [0.717, 1.165) is 32.1 Å². The average molecular weight is 317 g/mol. The zero-order chi connectivity index (χ0) is 14.9. The van der Waals surface area contributed by atoms with Crippen LogP contribution in [0.25, 0.3) is 0 Å². The standard InChI is InChI=1S/C10H25NO6P2/c1-2-3-4-5-6-7-8-11-10(19(15,16)17)9-18(12,13)14/h10-11H,2-9H2,1H3,(H2,12,13,14)(H2,15,16,17). The van der Waals surface area contributed by atoms with E-state index in [1.807, 2.05) is 0 Å². The molecule has 116 valence electrons. The van der Waals surface area contributed by atoms with E-state index in [1.165, 1.54) is 6.42 Å². The second-order valence-electron chi connectivity index (χ2n) is 4.67. The predicted molar refractivity (Wildman–Crippen MR) is 74.1 cm³/mol. The van der Waals surface area contributed by atoms with E-state index in [1.54, 1.807) is 0 Å². The molecule has 0 rings (SSSR count). The number of hydrogen-bond acceptors (Lipinski definition) is 3. The highest BCUT2D eigenvalue weighted by atomic mass is 31.2. The molecular weight excluding hydrogens is 292 g/mol. The van der Waals surface area contributed by atoms with Gasteiger partial charge in [-0.25, -0.2) is 0 Å². The van der Waals surface area contributed by atoms with Crippen LogP contribution < -0.4 is 5.32 Å². The van der Waals surface area contributed by atoms with Crippen molar-refractivity contribution >= 4 is 15.2 Å². The Morgan fingerprint density at radius 1 is 0.947 bits per heavy atom. The Labute approximate surface area is 114 Å². The number of hydrogen-bond donors (Lipinski definition) is 5. The summed E-state index contributed by atoms with van der Waals surface area (Å²) in [5.74, 6) is -1.47. The zero-order valence-electron chi connectivity index (χ0n) is 11.2. The molecule has 0 heterocycles. The van der Waals surface area contributed by atoms with Crippen molar-refractivity contribution < 1.29 is 28.7 Å². The largest absolute Gasteiger partial charge is 0.342 e. The van der Waals surface area contributed by atoms with Gasteiger partial charge in [-0.2, -0.15) is 0 Å². The van der Waals surface area contributed by atoms with Crippen molar-refractivity contribution in [2.45, 2.75) is 51.2 Å². The Bertz CT molecular complexity index is 326. The van der Waals surface area contributed by atoms with Crippen LogP contribution in [0.2, 0.25) is 0 Å². The first-order chi connectivity index (χ1) is 8.67. The molecule has 0 fully saturated rings. The molecule has 0 aromatic carbocycles. The number of unbranched alkanes of at least 4 members (excludes halogenated alkanes) is 5. The van der Waals surface area contributed by atoms with Crippen molar-refractivity contribution in [1.82, 2.24) is 5.32 Å². The summed E-state index contributed by atoms with van der Waals surface area (Å²) in [5, 5.41) is 2.55. The van der Waals surface area contributed by atoms with Gasteiger partial charge in [-0.15, -0.1) is 0 Å². The quantitative estimate of drug-likeness (QED) is 0.289. The average Bonchev–Trinajstić information content (AvgIpc) is 2.23. The summed E-state index contributed by atoms with van der Waals surface area (Å²) in [7, 11) is -8.99. The first-order valence-electron chi connectivity index (χ1n) is 6.50. The SMILES string of the molecule is CCCCCCCCNC(CP(=O)(O)O)P(=O)(O)O. The minimum absolute atomic E-state index is 0.349. The highest BCUT2D eigenvalue weighted by Gasteiger charge is 2.34. The van der Waals surface area contributed by atoms with Crippen molar-refractivity contribution in [3.63, 3.8) is 0 Å². The van der Waals surface area contributed by atoms with Gasteiger partial charge in [0.25, 0.3) is 0 Å². The molecule has 0 spiro atoms. The van der Waals surface area contributed by atoms with Gasteiger partial charge in [-0.3, -0.25) is 9.13 Å². The minimum Gasteiger partial charge on any atom is -0.324 e. The molecule has 9 heteroatoms. The van der Waals surface area contributed by atoms with Gasteiger partial charge in [0.2, 0.25) is 0 Å². The van der Waals surface area contributed by atoms with E-state index in [-0.39, 0.29) is 0 Å². The molecular formula is C10H25NO6P2. The summed E-state index contributed by atoms with van der Waals surface area (Å²) in [6.45, 7) is 2.47. The molecule has 0 aromatic rings. The van der Waals surface area contributed by atoms with Crippen LogP contribution >= 0.6 is 15.2 Å². The molecule has 1 unspecified atom stereocenters. The molecule has 19 heavy (non-hydrogen) atoms. The molecule has 0 saturated carbocycles. The Morgan fingerprint density at radius 3 is 1.95 bits per heavy atom. The van der Waals surface area contributed by atoms with Gasteiger partial charge in [0.1, 0.15) is 5.78 Å². The van der Waals surface area contributed by atoms with E-state index in [9.17, 15) is 9.13 Å². The maximum atomic E-state index is 11.1. The zero-order valence-corrected chi connectivity index (χ0v) is 13.0. The van der Waals surface area contributed by atoms with Gasteiger partial charge in [0.05, 0.1) is 6.16 Å². The first-order valence-corrected chi connectivity index (χ1v) is 9.98. The van der Waals surface area contributed by atoms with E-state index in [2.05, 4.69) is 12.2 Å². The summed E-state index contributed by atoms with van der Waals surface area (Å²) in [5.41, 5.74) is 0. The smallest absolute Gasteiger partial charge is 0.324 e. The van der Waals surface area contributed by atoms with Crippen molar-refractivity contribution in [3.05, 3.63) is 0 Å². The van der Waals surface area contributed by atoms with E-state index < -0.39 is 27.1 Å². The monoisotopic (exact) mass is 317 g/mol. The van der Waals surface area contributed by atoms with Crippen LogP contribution in [-0.2, 0) is 9.13 Å². The van der Waals surface area contributed by atoms with Crippen molar-refractivity contribution in [3.8, 4) is 0 Å². The molecule has 0 saturated heterocycles. The molecule has 0 radical (unpaired) electrons. The predicted octanol–water partition coefficient (Wildman–Crippen LogP) is 1.62. The van der Waals surface area contributed by atoms with Crippen LogP contribution in [0.4, 0.5) is 0 Å². The molecule has 0 amide bonds. The van der Waals surface area contributed by atoms with Crippen LogP contribution in [0.3, 0.4) is 0 Å². The Hall–Kier alpha value is 0.260. The highest BCUT2D eigenvalue weighted by molar-refractivity contribution is 7.56. The Kier molecular flexibility index (Phi) is 9.37. The van der Waals surface area contributed by atoms with Crippen LogP contribution in [0.5, 0.6) is 0 Å². The fourth-order valence-corrected chi connectivity index (χ4v) is 4.12. The summed E-state index contributed by atoms with van der Waals surface area (Å²) in [6, 6.07) is 0. The van der Waals surface area contributed by atoms with Crippen molar-refractivity contribution in [2.75, 3.05) is 12.7 Å². The van der Waals surface area contributed by atoms with Gasteiger partial charge in [-0.05, 0) is 13.0 Å². The van der Waals surface area contributed by atoms with Crippen LogP contribution in [0.15, 0.2) is 0 Å². The van der Waals surface area contributed by atoms with Gasteiger partial charge >= 0.3 is 15.2 Å². The van der Waals surface area contributed by atoms with Crippen molar-refractivity contribution in [2.24, 2.45) is 0 Å². The van der Waals surface area contributed by atoms with E-state index >= 15 is 0 Å². The fraction of sp³-hybridized carbons (Fsp3) is 1.00. The Morgan fingerprint density at radius 2 is 1.47 bits per heavy atom. The normalized spacial score (nSPS) is 14.6. The lowest BCUT2D eigenvalue weighted by molar-refractivity contribution is 0.335. The molecule has 0 aromatic heterocycles. The fourth-order valence-electron chi connectivity index (χ4n) is 1.69. The van der Waals surface area contributed by atoms with E-state index in [4.69, 9.17) is 19.6 Å². The second kappa shape index (κ2) is 9.24. The first kappa shape index (κ1) is 19.3. The van der Waals surface area contributed by atoms with Gasteiger partial charge in [0, 0.05) is 0 Å². The third kappa shape index (κ3) is 11.8. The molecule has 1 atom stereocenters. The topological polar surface area (TPSA) is 127 Å². The molecule has 0 aliphatic carbocycles. The summed E-state index contributed by atoms with van der Waals surface area (Å²) in [4.78, 5) is 35.6. The number of nitrogens with one attached hydrogen (secondary N) is 1. The highest BCUT2D eigenvalue weighted by Crippen LogP contribution is 2.47. The lowest BCUT2D eigenvalue weighted by Crippen LogP contribution is -2.33. The summed E-state index contributed by atoms with van der Waals surface area (Å²) in [6.07, 6.45) is 5.37. The third-order valence-electron chi connectivity index (χ3n) is 2.73. The molecule has 0 aliphatic rings. The van der Waals surface area contributed by atoms with E-state index in [0.29, 0.717) is 6.54 Å². The van der Waals surface area contributed by atoms with Gasteiger partial charge < -0.3 is 24.9 Å². The lowest BCUT2D eigenvalue weighted by Gasteiger charge is -2.20. The van der Waals surface area contributed by atoms with Crippen LogP contribution in [0.1, 0.15) is 45.4 Å². The lowest BCUT2D eigenvalue weighted by atomic mass is 10.1. The maximum absolute atomic E-state index is 11.1. The number of rotatable bonds is 11. The Balaban J connectivity index is 3.95. The molecule has 0 aliphatic heterocycles.